The summed E-state index contributed by atoms with van der Waals surface area (Å²) in [6.07, 6.45) is 0. The Morgan fingerprint density at radius 1 is 0.850 bits per heavy atom. The van der Waals surface area contributed by atoms with Gasteiger partial charge in [-0.1, -0.05) is 0 Å². The van der Waals surface area contributed by atoms with Crippen LogP contribution >= 0.6 is 0 Å². The van der Waals surface area contributed by atoms with Gasteiger partial charge in [0.2, 0.25) is 0 Å². The maximum atomic E-state index is 10.1. The molecular formula is C14H34O4SiTi. The third kappa shape index (κ3) is 8.93. The van der Waals surface area contributed by atoms with E-state index in [1.165, 1.54) is 0 Å². The van der Waals surface area contributed by atoms with E-state index in [4.69, 9.17) is 6.33 Å². The van der Waals surface area contributed by atoms with Crippen LogP contribution in [-0.4, -0.2) is 22.3 Å². The molecule has 0 aromatic rings. The molecule has 4 nitrogen and oxygen atoms in total. The number of hydrogen-bond acceptors (Lipinski definition) is 4. The van der Waals surface area contributed by atoms with Gasteiger partial charge in [0.15, 0.2) is 0 Å². The summed E-state index contributed by atoms with van der Waals surface area (Å²) in [5, 5.41) is 0. The van der Waals surface area contributed by atoms with E-state index in [-0.39, 0.29) is 0 Å². The SMILES string of the molecule is CC[O][Ti]([OH])([OH])[O][Si](CC(C)C)(CC(C)C)CC(C)C. The fourth-order valence-electron chi connectivity index (χ4n) is 3.11. The molecule has 0 saturated carbocycles. The third-order valence-electron chi connectivity index (χ3n) is 3.02. The summed E-state index contributed by atoms with van der Waals surface area (Å²) in [5.41, 5.74) is 0. The van der Waals surface area contributed by atoms with Gasteiger partial charge in [-0.15, -0.1) is 0 Å². The first kappa shape index (κ1) is 20.8. The minimum absolute atomic E-state index is 0.294. The van der Waals surface area contributed by atoms with Crippen LogP contribution in [0.1, 0.15) is 48.5 Å². The van der Waals surface area contributed by atoms with Gasteiger partial charge in [-0.3, -0.25) is 0 Å². The Morgan fingerprint density at radius 2 is 1.20 bits per heavy atom. The summed E-state index contributed by atoms with van der Waals surface area (Å²) < 4.78 is 31.4. The molecule has 0 bridgehead atoms. The fraction of sp³-hybridized carbons (Fsp3) is 1.00. The molecule has 2 N–H and O–H groups in total. The van der Waals surface area contributed by atoms with Crippen molar-refractivity contribution in [2.45, 2.75) is 66.6 Å². The Morgan fingerprint density at radius 3 is 1.45 bits per heavy atom. The second kappa shape index (κ2) is 9.03. The summed E-state index contributed by atoms with van der Waals surface area (Å²) in [4.78, 5) is 0. The molecule has 0 spiro atoms. The monoisotopic (exact) mass is 342 g/mol. The summed E-state index contributed by atoms with van der Waals surface area (Å²) in [7, 11) is -2.20. The van der Waals surface area contributed by atoms with Gasteiger partial charge in [0, 0.05) is 0 Å². The van der Waals surface area contributed by atoms with E-state index in [0.717, 1.165) is 18.1 Å². The van der Waals surface area contributed by atoms with Crippen LogP contribution in [0.25, 0.3) is 0 Å². The Bertz CT molecular complexity index is 243. The first-order valence-corrected chi connectivity index (χ1v) is 13.0. The van der Waals surface area contributed by atoms with Gasteiger partial charge in [-0.2, -0.15) is 0 Å². The van der Waals surface area contributed by atoms with Crippen molar-refractivity contribution in [2.24, 2.45) is 17.8 Å². The van der Waals surface area contributed by atoms with E-state index in [1.54, 1.807) is 6.92 Å². The van der Waals surface area contributed by atoms with E-state index in [9.17, 15) is 7.38 Å². The molecule has 0 aliphatic heterocycles. The Labute approximate surface area is 131 Å². The van der Waals surface area contributed by atoms with Gasteiger partial charge in [0.1, 0.15) is 0 Å². The normalized spacial score (nSPS) is 13.8. The zero-order valence-electron chi connectivity index (χ0n) is 14.3. The van der Waals surface area contributed by atoms with Crippen molar-refractivity contribution in [1.29, 1.82) is 0 Å². The van der Waals surface area contributed by atoms with Crippen LogP contribution in [0, 0.1) is 17.8 Å². The third-order valence-corrected chi connectivity index (χ3v) is 12.7. The molecule has 0 aromatic carbocycles. The van der Waals surface area contributed by atoms with Crippen LogP contribution in [0.3, 0.4) is 0 Å². The molecule has 0 saturated heterocycles. The summed E-state index contributed by atoms with van der Waals surface area (Å²) >= 11 is -4.51. The first-order chi connectivity index (χ1) is 9.02. The second-order valence-electron chi connectivity index (χ2n) is 7.06. The average Bonchev–Trinajstić information content (AvgIpc) is 2.10. The quantitative estimate of drug-likeness (QED) is 0.594. The molecule has 122 valence electrons. The van der Waals surface area contributed by atoms with Crippen molar-refractivity contribution in [2.75, 3.05) is 6.61 Å². The molecular weight excluding hydrogens is 308 g/mol. The molecule has 6 heteroatoms. The van der Waals surface area contributed by atoms with Gasteiger partial charge in [-0.25, -0.2) is 0 Å². The van der Waals surface area contributed by atoms with Gasteiger partial charge < -0.3 is 0 Å². The zero-order chi connectivity index (χ0) is 16.0. The summed E-state index contributed by atoms with van der Waals surface area (Å²) in [5.74, 6) is 1.50. The van der Waals surface area contributed by atoms with Crippen molar-refractivity contribution in [3.63, 3.8) is 0 Å². The van der Waals surface area contributed by atoms with E-state index < -0.39 is 26.5 Å². The summed E-state index contributed by atoms with van der Waals surface area (Å²) in [6, 6.07) is 2.89. The summed E-state index contributed by atoms with van der Waals surface area (Å²) in [6.45, 7) is 15.1. The van der Waals surface area contributed by atoms with Crippen LogP contribution in [0.4, 0.5) is 0 Å². The van der Waals surface area contributed by atoms with Crippen LogP contribution in [0.15, 0.2) is 0 Å². The van der Waals surface area contributed by atoms with E-state index >= 15 is 0 Å². The van der Waals surface area contributed by atoms with Gasteiger partial charge in [-0.05, 0) is 0 Å². The second-order valence-corrected chi connectivity index (χ2v) is 14.0. The van der Waals surface area contributed by atoms with Crippen molar-refractivity contribution in [3.05, 3.63) is 0 Å². The molecule has 0 amide bonds. The first-order valence-electron chi connectivity index (χ1n) is 7.80. The van der Waals surface area contributed by atoms with E-state index in [2.05, 4.69) is 41.5 Å². The average molecular weight is 342 g/mol. The Kier molecular flexibility index (Phi) is 9.38. The molecule has 0 aromatic heterocycles. The Hall–Kier alpha value is 0.771. The molecule has 0 fully saturated rings. The molecule has 0 rings (SSSR count). The van der Waals surface area contributed by atoms with Gasteiger partial charge >= 0.3 is 131 Å². The molecule has 20 heavy (non-hydrogen) atoms. The topological polar surface area (TPSA) is 58.9 Å². The van der Waals surface area contributed by atoms with Crippen molar-refractivity contribution >= 4 is 8.32 Å². The van der Waals surface area contributed by atoms with Gasteiger partial charge in [0.05, 0.1) is 0 Å². The molecule has 0 radical (unpaired) electrons. The van der Waals surface area contributed by atoms with Gasteiger partial charge in [0.25, 0.3) is 0 Å². The predicted molar refractivity (Wildman–Crippen MR) is 81.8 cm³/mol. The van der Waals surface area contributed by atoms with Crippen LogP contribution in [0.2, 0.25) is 18.1 Å². The fourth-order valence-corrected chi connectivity index (χ4v) is 13.6. The van der Waals surface area contributed by atoms with Crippen LogP contribution < -0.4 is 0 Å². The van der Waals surface area contributed by atoms with E-state index in [0.29, 0.717) is 24.4 Å². The van der Waals surface area contributed by atoms with Crippen molar-refractivity contribution in [3.8, 4) is 0 Å². The van der Waals surface area contributed by atoms with Crippen LogP contribution in [0.5, 0.6) is 0 Å². The molecule has 0 atom stereocenters. The zero-order valence-corrected chi connectivity index (χ0v) is 16.8. The maximum absolute atomic E-state index is 10.1. The number of rotatable bonds is 10. The molecule has 0 unspecified atom stereocenters. The van der Waals surface area contributed by atoms with E-state index in [1.807, 2.05) is 0 Å². The molecule has 0 aliphatic rings. The molecule has 0 aliphatic carbocycles. The van der Waals surface area contributed by atoms with Crippen molar-refractivity contribution in [1.82, 2.24) is 0 Å². The van der Waals surface area contributed by atoms with Crippen LogP contribution in [-0.2, 0) is 24.5 Å². The minimum atomic E-state index is -4.51. The predicted octanol–water partition coefficient (Wildman–Crippen LogP) is 3.75. The molecule has 0 heterocycles. The number of hydrogen-bond donors (Lipinski definition) is 2. The Balaban J connectivity index is 5.23. The van der Waals surface area contributed by atoms with Crippen molar-refractivity contribution < 1.29 is 31.8 Å². The standard InChI is InChI=1S/C12H27OSi.C2H5O.2H2O.Ti/c1-10(2)7-14(13,8-11(3)4)9-12(5)6;1-2-3;;;/h10-12H,7-9H2,1-6H3;2H2,1H3;2*1H2;/q2*-1;;;+4/p-2.